The third kappa shape index (κ3) is 1.45. The maximum Gasteiger partial charge on any atom is 0.190 e. The van der Waals surface area contributed by atoms with E-state index in [1.807, 2.05) is 48.5 Å². The highest BCUT2D eigenvalue weighted by atomic mass is 16.1. The minimum atomic E-state index is 0.0248. The number of carbonyl (C=O) groups excluding carboxylic acids is 2. The molecule has 0 spiro atoms. The Morgan fingerprint density at radius 1 is 0.600 bits per heavy atom. The van der Waals surface area contributed by atoms with Gasteiger partial charge in [-0.2, -0.15) is 0 Å². The van der Waals surface area contributed by atoms with E-state index in [0.717, 1.165) is 22.3 Å². The van der Waals surface area contributed by atoms with Crippen molar-refractivity contribution < 1.29 is 9.59 Å². The summed E-state index contributed by atoms with van der Waals surface area (Å²) < 4.78 is 0. The number of Topliss-reactive ketones (excluding diaryl/α,β-unsaturated/α-hetero) is 2. The standard InChI is InChI=1S/C18H12O2/c19-17-13-7-3-1-5-11(13)9-15(17)16-10-12-6-2-4-8-14(12)18(16)20/h1-8H,9-10H2/b16-15+. The average Bonchev–Trinajstić information content (AvgIpc) is 2.98. The molecule has 0 fully saturated rings. The number of hydrogen-bond donors (Lipinski definition) is 0. The van der Waals surface area contributed by atoms with Crippen molar-refractivity contribution in [3.8, 4) is 0 Å². The van der Waals surface area contributed by atoms with Gasteiger partial charge in [0.05, 0.1) is 0 Å². The molecular formula is C18H12O2. The first-order valence-electron chi connectivity index (χ1n) is 6.73. The number of carbonyl (C=O) groups is 2. The van der Waals surface area contributed by atoms with E-state index in [1.165, 1.54) is 0 Å². The van der Waals surface area contributed by atoms with Crippen LogP contribution >= 0.6 is 0 Å². The van der Waals surface area contributed by atoms with E-state index in [2.05, 4.69) is 0 Å². The van der Waals surface area contributed by atoms with Crippen LogP contribution < -0.4 is 0 Å². The van der Waals surface area contributed by atoms with Gasteiger partial charge in [0.25, 0.3) is 0 Å². The summed E-state index contributed by atoms with van der Waals surface area (Å²) in [6, 6.07) is 15.2. The summed E-state index contributed by atoms with van der Waals surface area (Å²) in [6.07, 6.45) is 1.17. The largest absolute Gasteiger partial charge is 0.289 e. The fraction of sp³-hybridized carbons (Fsp3) is 0.111. The van der Waals surface area contributed by atoms with E-state index in [-0.39, 0.29) is 11.6 Å². The van der Waals surface area contributed by atoms with Gasteiger partial charge in [-0.25, -0.2) is 0 Å². The number of ketones is 2. The summed E-state index contributed by atoms with van der Waals surface area (Å²) in [7, 11) is 0. The van der Waals surface area contributed by atoms with E-state index in [1.54, 1.807) is 0 Å². The van der Waals surface area contributed by atoms with Crippen molar-refractivity contribution in [2.24, 2.45) is 0 Å². The molecule has 0 amide bonds. The fourth-order valence-electron chi connectivity index (χ4n) is 3.15. The molecule has 0 bridgehead atoms. The van der Waals surface area contributed by atoms with Crippen LogP contribution in [0.4, 0.5) is 0 Å². The molecule has 2 aromatic carbocycles. The first kappa shape index (κ1) is 11.4. The van der Waals surface area contributed by atoms with E-state index < -0.39 is 0 Å². The smallest absolute Gasteiger partial charge is 0.190 e. The zero-order valence-electron chi connectivity index (χ0n) is 10.8. The molecule has 96 valence electrons. The topological polar surface area (TPSA) is 34.1 Å². The Bertz CT molecular complexity index is 729. The molecule has 0 unspecified atom stereocenters. The van der Waals surface area contributed by atoms with Crippen LogP contribution in [0.15, 0.2) is 59.7 Å². The maximum absolute atomic E-state index is 12.5. The van der Waals surface area contributed by atoms with Crippen LogP contribution in [0.25, 0.3) is 0 Å². The Labute approximate surface area is 116 Å². The molecule has 2 aliphatic carbocycles. The van der Waals surface area contributed by atoms with E-state index in [4.69, 9.17) is 0 Å². The first-order chi connectivity index (χ1) is 9.75. The normalized spacial score (nSPS) is 20.2. The summed E-state index contributed by atoms with van der Waals surface area (Å²) >= 11 is 0. The Morgan fingerprint density at radius 3 is 1.40 bits per heavy atom. The molecule has 0 saturated heterocycles. The summed E-state index contributed by atoms with van der Waals surface area (Å²) in [6.45, 7) is 0. The Hall–Kier alpha value is -2.48. The molecule has 0 N–H and O–H groups in total. The van der Waals surface area contributed by atoms with Crippen LogP contribution in [0, 0.1) is 0 Å². The molecule has 0 heterocycles. The van der Waals surface area contributed by atoms with Gasteiger partial charge in [0.1, 0.15) is 0 Å². The van der Waals surface area contributed by atoms with E-state index in [9.17, 15) is 9.59 Å². The molecule has 0 radical (unpaired) electrons. The second-order valence-corrected chi connectivity index (χ2v) is 5.28. The molecule has 2 aliphatic rings. The van der Waals surface area contributed by atoms with Gasteiger partial charge < -0.3 is 0 Å². The average molecular weight is 260 g/mol. The number of fused-ring (bicyclic) bond motifs is 2. The summed E-state index contributed by atoms with van der Waals surface area (Å²) in [5, 5.41) is 0. The molecule has 0 saturated carbocycles. The molecule has 2 nitrogen and oxygen atoms in total. The lowest BCUT2D eigenvalue weighted by Crippen LogP contribution is -2.05. The predicted octanol–water partition coefficient (Wildman–Crippen LogP) is 3.16. The number of rotatable bonds is 0. The minimum absolute atomic E-state index is 0.0248. The van der Waals surface area contributed by atoms with Crippen molar-refractivity contribution >= 4 is 11.6 Å². The van der Waals surface area contributed by atoms with Crippen molar-refractivity contribution in [2.75, 3.05) is 0 Å². The Morgan fingerprint density at radius 2 is 1.00 bits per heavy atom. The molecule has 2 heteroatoms. The third-order valence-electron chi connectivity index (χ3n) is 4.17. The molecule has 0 aliphatic heterocycles. The van der Waals surface area contributed by atoms with Crippen LogP contribution in [0.3, 0.4) is 0 Å². The Kier molecular flexibility index (Phi) is 2.27. The van der Waals surface area contributed by atoms with Gasteiger partial charge in [0.2, 0.25) is 0 Å². The lowest BCUT2D eigenvalue weighted by atomic mass is 10.0. The SMILES string of the molecule is O=C1/C(=C2\Cc3ccccc3C2=O)Cc2ccccc21. The van der Waals surface area contributed by atoms with Crippen LogP contribution in [0.2, 0.25) is 0 Å². The van der Waals surface area contributed by atoms with Crippen LogP contribution in [0.5, 0.6) is 0 Å². The lowest BCUT2D eigenvalue weighted by molar-refractivity contribution is 0.100. The van der Waals surface area contributed by atoms with Crippen molar-refractivity contribution in [3.05, 3.63) is 81.9 Å². The summed E-state index contributed by atoms with van der Waals surface area (Å²) in [5.41, 5.74) is 4.94. The quantitative estimate of drug-likeness (QED) is 0.682. The predicted molar refractivity (Wildman–Crippen MR) is 76.0 cm³/mol. The van der Waals surface area contributed by atoms with Gasteiger partial charge in [0.15, 0.2) is 11.6 Å². The van der Waals surface area contributed by atoms with Crippen LogP contribution in [-0.4, -0.2) is 11.6 Å². The molecule has 2 aromatic rings. The van der Waals surface area contributed by atoms with Gasteiger partial charge in [-0.3, -0.25) is 9.59 Å². The van der Waals surface area contributed by atoms with Crippen molar-refractivity contribution in [2.45, 2.75) is 12.8 Å². The zero-order valence-corrected chi connectivity index (χ0v) is 10.8. The number of allylic oxidation sites excluding steroid dienone is 2. The molecule has 20 heavy (non-hydrogen) atoms. The molecule has 0 atom stereocenters. The van der Waals surface area contributed by atoms with Crippen molar-refractivity contribution in [1.29, 1.82) is 0 Å². The van der Waals surface area contributed by atoms with Gasteiger partial charge in [-0.15, -0.1) is 0 Å². The maximum atomic E-state index is 12.5. The molecular weight excluding hydrogens is 248 g/mol. The number of hydrogen-bond acceptors (Lipinski definition) is 2. The zero-order chi connectivity index (χ0) is 13.7. The van der Waals surface area contributed by atoms with Crippen LogP contribution in [-0.2, 0) is 12.8 Å². The van der Waals surface area contributed by atoms with E-state index in [0.29, 0.717) is 24.0 Å². The number of benzene rings is 2. The Balaban J connectivity index is 1.85. The van der Waals surface area contributed by atoms with Gasteiger partial charge in [-0.05, 0) is 11.1 Å². The third-order valence-corrected chi connectivity index (χ3v) is 4.17. The summed E-state index contributed by atoms with van der Waals surface area (Å²) in [5.74, 6) is 0.0495. The highest BCUT2D eigenvalue weighted by Gasteiger charge is 2.33. The second kappa shape index (κ2) is 4.01. The molecule has 4 rings (SSSR count). The monoisotopic (exact) mass is 260 g/mol. The highest BCUT2D eigenvalue weighted by molar-refractivity contribution is 6.22. The van der Waals surface area contributed by atoms with E-state index >= 15 is 0 Å². The molecule has 0 aromatic heterocycles. The van der Waals surface area contributed by atoms with Crippen molar-refractivity contribution in [3.63, 3.8) is 0 Å². The first-order valence-corrected chi connectivity index (χ1v) is 6.73. The lowest BCUT2D eigenvalue weighted by Gasteiger charge is -2.00. The second-order valence-electron chi connectivity index (χ2n) is 5.28. The highest BCUT2D eigenvalue weighted by Crippen LogP contribution is 2.34. The minimum Gasteiger partial charge on any atom is -0.289 e. The summed E-state index contributed by atoms with van der Waals surface area (Å²) in [4.78, 5) is 24.9. The van der Waals surface area contributed by atoms with Crippen molar-refractivity contribution in [1.82, 2.24) is 0 Å². The van der Waals surface area contributed by atoms with Crippen LogP contribution in [0.1, 0.15) is 31.8 Å². The van der Waals surface area contributed by atoms with Gasteiger partial charge >= 0.3 is 0 Å². The fourth-order valence-corrected chi connectivity index (χ4v) is 3.15. The van der Waals surface area contributed by atoms with Gasteiger partial charge in [-0.1, -0.05) is 48.5 Å². The van der Waals surface area contributed by atoms with Gasteiger partial charge in [0, 0.05) is 35.1 Å².